The molecule has 1 aliphatic rings. The maximum absolute atomic E-state index is 12.1. The van der Waals surface area contributed by atoms with Gasteiger partial charge in [-0.05, 0) is 42.0 Å². The topological polar surface area (TPSA) is 85.3 Å². The SMILES string of the molecule is O=c1nc2n(nc1/C=C/c1ccco1)CC(c1ccc(Cl)cc1)=NN2. The van der Waals surface area contributed by atoms with Gasteiger partial charge in [-0.25, -0.2) is 10.1 Å². The van der Waals surface area contributed by atoms with E-state index in [0.29, 0.717) is 23.3 Å². The van der Waals surface area contributed by atoms with Gasteiger partial charge in [0.15, 0.2) is 5.69 Å². The van der Waals surface area contributed by atoms with Crippen molar-refractivity contribution < 1.29 is 4.42 Å². The molecule has 4 rings (SSSR count). The fourth-order valence-corrected chi connectivity index (χ4v) is 2.49. The van der Waals surface area contributed by atoms with E-state index in [0.717, 1.165) is 11.3 Å². The van der Waals surface area contributed by atoms with Crippen LogP contribution >= 0.6 is 11.6 Å². The zero-order valence-corrected chi connectivity index (χ0v) is 13.6. The Kier molecular flexibility index (Phi) is 3.91. The van der Waals surface area contributed by atoms with Gasteiger partial charge in [-0.3, -0.25) is 4.79 Å². The molecule has 0 spiro atoms. The van der Waals surface area contributed by atoms with Crippen LogP contribution in [0.1, 0.15) is 17.0 Å². The quantitative estimate of drug-likeness (QED) is 0.782. The minimum Gasteiger partial charge on any atom is -0.465 e. The molecule has 25 heavy (non-hydrogen) atoms. The summed E-state index contributed by atoms with van der Waals surface area (Å²) in [5.74, 6) is 0.934. The molecule has 1 aliphatic heterocycles. The molecule has 3 heterocycles. The third-order valence-electron chi connectivity index (χ3n) is 3.62. The van der Waals surface area contributed by atoms with Crippen LogP contribution in [0.4, 0.5) is 5.95 Å². The van der Waals surface area contributed by atoms with Gasteiger partial charge < -0.3 is 4.42 Å². The lowest BCUT2D eigenvalue weighted by atomic mass is 10.1. The number of furan rings is 1. The Morgan fingerprint density at radius 1 is 1.20 bits per heavy atom. The molecule has 0 fully saturated rings. The van der Waals surface area contributed by atoms with E-state index in [-0.39, 0.29) is 5.69 Å². The first-order valence-electron chi connectivity index (χ1n) is 7.48. The molecule has 0 radical (unpaired) electrons. The first kappa shape index (κ1) is 15.3. The van der Waals surface area contributed by atoms with Gasteiger partial charge in [0.25, 0.3) is 0 Å². The van der Waals surface area contributed by atoms with Crippen molar-refractivity contribution in [3.05, 3.63) is 75.1 Å². The Labute approximate surface area is 147 Å². The fraction of sp³-hybridized carbons (Fsp3) is 0.0588. The van der Waals surface area contributed by atoms with Crippen LogP contribution in [0.15, 0.2) is 57.0 Å². The van der Waals surface area contributed by atoms with Gasteiger partial charge in [0.05, 0.1) is 18.5 Å². The standard InChI is InChI=1S/C17H12ClN5O2/c18-12-5-3-11(4-6-12)15-10-23-17(21-20-15)19-16(24)14(22-23)8-7-13-2-1-9-25-13/h1-9H,10H2,(H,19,21,24)/b8-7+. The molecule has 0 saturated heterocycles. The third kappa shape index (κ3) is 3.22. The average Bonchev–Trinajstić information content (AvgIpc) is 3.14. The summed E-state index contributed by atoms with van der Waals surface area (Å²) in [6.07, 6.45) is 4.81. The van der Waals surface area contributed by atoms with Crippen LogP contribution in [0.2, 0.25) is 5.02 Å². The number of nitrogens with zero attached hydrogens (tertiary/aromatic N) is 4. The summed E-state index contributed by atoms with van der Waals surface area (Å²) in [6, 6.07) is 10.9. The predicted octanol–water partition coefficient (Wildman–Crippen LogP) is 2.88. The highest BCUT2D eigenvalue weighted by Gasteiger charge is 2.16. The summed E-state index contributed by atoms with van der Waals surface area (Å²) in [5, 5.41) is 9.26. The Hall–Kier alpha value is -3.19. The molecule has 0 bridgehead atoms. The Balaban J connectivity index is 1.63. The van der Waals surface area contributed by atoms with Gasteiger partial charge in [-0.15, -0.1) is 0 Å². The van der Waals surface area contributed by atoms with E-state index in [9.17, 15) is 4.79 Å². The van der Waals surface area contributed by atoms with Crippen LogP contribution in [-0.2, 0) is 6.54 Å². The fourth-order valence-electron chi connectivity index (χ4n) is 2.37. The second-order valence-corrected chi connectivity index (χ2v) is 5.75. The molecule has 0 amide bonds. The summed E-state index contributed by atoms with van der Waals surface area (Å²) >= 11 is 5.91. The molecule has 7 nitrogen and oxygen atoms in total. The Morgan fingerprint density at radius 2 is 2.04 bits per heavy atom. The summed E-state index contributed by atoms with van der Waals surface area (Å²) in [5.41, 5.74) is 4.23. The molecule has 0 unspecified atom stereocenters. The number of benzene rings is 1. The van der Waals surface area contributed by atoms with Gasteiger partial charge in [0.1, 0.15) is 5.76 Å². The lowest BCUT2D eigenvalue weighted by molar-refractivity contribution is 0.557. The van der Waals surface area contributed by atoms with E-state index < -0.39 is 5.56 Å². The summed E-state index contributed by atoms with van der Waals surface area (Å²) in [4.78, 5) is 16.0. The number of halogens is 1. The van der Waals surface area contributed by atoms with E-state index in [1.54, 1.807) is 47.4 Å². The van der Waals surface area contributed by atoms with Gasteiger partial charge in [-0.2, -0.15) is 15.2 Å². The molecular formula is C17H12ClN5O2. The van der Waals surface area contributed by atoms with Gasteiger partial charge in [0, 0.05) is 5.02 Å². The monoisotopic (exact) mass is 353 g/mol. The van der Waals surface area contributed by atoms with E-state index in [2.05, 4.69) is 20.6 Å². The molecule has 1 N–H and O–H groups in total. The van der Waals surface area contributed by atoms with E-state index in [1.165, 1.54) is 0 Å². The highest BCUT2D eigenvalue weighted by Crippen LogP contribution is 2.15. The number of hydrazone groups is 1. The van der Waals surface area contributed by atoms with Crippen LogP contribution in [0.3, 0.4) is 0 Å². The van der Waals surface area contributed by atoms with Crippen LogP contribution in [0, 0.1) is 0 Å². The van der Waals surface area contributed by atoms with Crippen LogP contribution in [0.25, 0.3) is 12.2 Å². The van der Waals surface area contributed by atoms with Crippen molar-refractivity contribution in [1.29, 1.82) is 0 Å². The average molecular weight is 354 g/mol. The molecule has 8 heteroatoms. The van der Waals surface area contributed by atoms with Crippen LogP contribution in [0.5, 0.6) is 0 Å². The Morgan fingerprint density at radius 3 is 2.80 bits per heavy atom. The van der Waals surface area contributed by atoms with Crippen molar-refractivity contribution in [2.75, 3.05) is 5.43 Å². The number of aromatic nitrogens is 3. The van der Waals surface area contributed by atoms with Crippen LogP contribution in [-0.4, -0.2) is 20.5 Å². The molecule has 1 aromatic carbocycles. The zero-order chi connectivity index (χ0) is 17.2. The van der Waals surface area contributed by atoms with Crippen molar-refractivity contribution in [3.8, 4) is 0 Å². The first-order chi connectivity index (χ1) is 12.2. The van der Waals surface area contributed by atoms with Gasteiger partial charge in [0.2, 0.25) is 5.95 Å². The lowest BCUT2D eigenvalue weighted by Crippen LogP contribution is -2.29. The molecule has 124 valence electrons. The minimum absolute atomic E-state index is 0.222. The molecule has 0 atom stereocenters. The molecule has 0 saturated carbocycles. The van der Waals surface area contributed by atoms with Crippen molar-refractivity contribution in [3.63, 3.8) is 0 Å². The predicted molar refractivity (Wildman–Crippen MR) is 95.5 cm³/mol. The summed E-state index contributed by atoms with van der Waals surface area (Å²) in [6.45, 7) is 0.388. The second kappa shape index (κ2) is 6.37. The maximum Gasteiger partial charge on any atom is 0.300 e. The number of anilines is 1. The maximum atomic E-state index is 12.1. The number of rotatable bonds is 3. The minimum atomic E-state index is -0.438. The van der Waals surface area contributed by atoms with E-state index in [4.69, 9.17) is 16.0 Å². The number of hydrogen-bond acceptors (Lipinski definition) is 6. The van der Waals surface area contributed by atoms with Crippen molar-refractivity contribution in [1.82, 2.24) is 14.8 Å². The summed E-state index contributed by atoms with van der Waals surface area (Å²) < 4.78 is 6.80. The first-order valence-corrected chi connectivity index (χ1v) is 7.86. The smallest absolute Gasteiger partial charge is 0.300 e. The number of hydrogen-bond donors (Lipinski definition) is 1. The number of fused-ring (bicyclic) bond motifs is 1. The highest BCUT2D eigenvalue weighted by atomic mass is 35.5. The molecule has 3 aromatic rings. The van der Waals surface area contributed by atoms with E-state index in [1.807, 2.05) is 12.1 Å². The molecule has 2 aromatic heterocycles. The zero-order valence-electron chi connectivity index (χ0n) is 12.9. The van der Waals surface area contributed by atoms with Crippen LogP contribution < -0.4 is 11.0 Å². The largest absolute Gasteiger partial charge is 0.465 e. The lowest BCUT2D eigenvalue weighted by Gasteiger charge is -2.18. The molecule has 0 aliphatic carbocycles. The van der Waals surface area contributed by atoms with Gasteiger partial charge >= 0.3 is 5.56 Å². The van der Waals surface area contributed by atoms with Crippen molar-refractivity contribution in [2.24, 2.45) is 5.10 Å². The van der Waals surface area contributed by atoms with Crippen molar-refractivity contribution in [2.45, 2.75) is 6.54 Å². The van der Waals surface area contributed by atoms with Crippen molar-refractivity contribution >= 4 is 35.4 Å². The number of nitrogens with one attached hydrogen (secondary N) is 1. The van der Waals surface area contributed by atoms with E-state index >= 15 is 0 Å². The Bertz CT molecular complexity index is 1020. The molecular weight excluding hydrogens is 342 g/mol. The summed E-state index contributed by atoms with van der Waals surface area (Å²) in [7, 11) is 0. The normalized spacial score (nSPS) is 13.4. The third-order valence-corrected chi connectivity index (χ3v) is 3.87. The van der Waals surface area contributed by atoms with Gasteiger partial charge in [-0.1, -0.05) is 23.7 Å². The highest BCUT2D eigenvalue weighted by molar-refractivity contribution is 6.30. The second-order valence-electron chi connectivity index (χ2n) is 5.31.